The Morgan fingerprint density at radius 3 is 2.42 bits per heavy atom. The number of anilines is 1. The second kappa shape index (κ2) is 10.6. The van der Waals surface area contributed by atoms with Crippen LogP contribution in [0, 0.1) is 0 Å². The topological polar surface area (TPSA) is 118 Å². The number of benzene rings is 1. The van der Waals surface area contributed by atoms with Crippen molar-refractivity contribution in [1.29, 1.82) is 0 Å². The molecule has 0 bridgehead atoms. The van der Waals surface area contributed by atoms with Gasteiger partial charge in [0.25, 0.3) is 5.91 Å². The minimum Gasteiger partial charge on any atom is -0.465 e. The second-order valence-corrected chi connectivity index (χ2v) is 7.87. The van der Waals surface area contributed by atoms with Crippen molar-refractivity contribution >= 4 is 29.5 Å². The molecule has 12 heteroatoms. The highest BCUT2D eigenvalue weighted by atomic mass is 19.3. The van der Waals surface area contributed by atoms with Crippen molar-refractivity contribution in [3.63, 3.8) is 0 Å². The first-order valence-electron chi connectivity index (χ1n) is 9.85. The third kappa shape index (κ3) is 6.60. The molecule has 0 unspecified atom stereocenters. The number of nitrogens with zero attached hydrogens (tertiary/aromatic N) is 1. The molecule has 0 radical (unpaired) electrons. The first-order chi connectivity index (χ1) is 15.4. The molecule has 1 aliphatic heterocycles. The van der Waals surface area contributed by atoms with E-state index in [9.17, 15) is 28.0 Å². The summed E-state index contributed by atoms with van der Waals surface area (Å²) in [6.07, 6.45) is -3.38. The predicted molar refractivity (Wildman–Crippen MR) is 108 cm³/mol. The summed E-state index contributed by atoms with van der Waals surface area (Å²) in [5, 5.41) is 0. The lowest BCUT2D eigenvalue weighted by molar-refractivity contribution is -0.188. The molecule has 0 N–H and O–H groups in total. The maximum atomic E-state index is 13.3. The third-order valence-corrected chi connectivity index (χ3v) is 4.23. The molecule has 0 aromatic heterocycles. The number of hydrogen-bond acceptors (Lipinski definition) is 9. The molecule has 0 aliphatic carbocycles. The lowest BCUT2D eigenvalue weighted by Crippen LogP contribution is -2.56. The maximum Gasteiger partial charge on any atom is 0.387 e. The Morgan fingerprint density at radius 1 is 1.21 bits per heavy atom. The Balaban J connectivity index is 2.48. The van der Waals surface area contributed by atoms with E-state index >= 15 is 0 Å². The summed E-state index contributed by atoms with van der Waals surface area (Å²) in [5.74, 6) is -4.33. The summed E-state index contributed by atoms with van der Waals surface area (Å²) in [6.45, 7) is 2.20. The maximum absolute atomic E-state index is 13.3. The molecule has 2 rings (SSSR count). The van der Waals surface area contributed by atoms with Crippen molar-refractivity contribution in [2.24, 2.45) is 0 Å². The number of morpholine rings is 1. The highest BCUT2D eigenvalue weighted by Crippen LogP contribution is 2.36. The molecular weight excluding hydrogens is 448 g/mol. The molecule has 1 aromatic carbocycles. The fourth-order valence-electron chi connectivity index (χ4n) is 3.06. The van der Waals surface area contributed by atoms with Crippen LogP contribution >= 0.6 is 0 Å². The fraction of sp³-hybridized carbons (Fsp3) is 0.524. The second-order valence-electron chi connectivity index (χ2n) is 7.87. The van der Waals surface area contributed by atoms with Gasteiger partial charge < -0.3 is 28.6 Å². The monoisotopic (exact) mass is 473 g/mol. The normalized spacial score (nSPS) is 17.4. The molecule has 0 spiro atoms. The van der Waals surface area contributed by atoms with E-state index in [2.05, 4.69) is 9.47 Å². The molecule has 1 saturated heterocycles. The molecule has 1 aromatic rings. The van der Waals surface area contributed by atoms with Crippen molar-refractivity contribution in [2.45, 2.75) is 52.1 Å². The zero-order valence-corrected chi connectivity index (χ0v) is 18.8. The van der Waals surface area contributed by atoms with Crippen LogP contribution in [0.4, 0.5) is 14.5 Å². The lowest BCUT2D eigenvalue weighted by Gasteiger charge is -2.36. The van der Waals surface area contributed by atoms with Crippen molar-refractivity contribution in [3.05, 3.63) is 23.8 Å². The lowest BCUT2D eigenvalue weighted by atomic mass is 10.1. The SMILES string of the molecule is COC(=O)c1cccc(N2CCO[C@H]([C@@H](OC(C)=O)C(=O)OC(C)(C)C)C2=O)c1OC(F)F. The molecular formula is C21H25F2NO9. The number of esters is 3. The fourth-order valence-corrected chi connectivity index (χ4v) is 3.06. The zero-order valence-electron chi connectivity index (χ0n) is 18.8. The molecule has 33 heavy (non-hydrogen) atoms. The number of ether oxygens (including phenoxy) is 5. The molecule has 1 aliphatic rings. The number of alkyl halides is 2. The Bertz CT molecular complexity index is 913. The molecule has 1 heterocycles. The number of rotatable bonds is 7. The van der Waals surface area contributed by atoms with Crippen LogP contribution in [-0.4, -0.2) is 68.5 Å². The van der Waals surface area contributed by atoms with Gasteiger partial charge in [0.05, 0.1) is 19.4 Å². The summed E-state index contributed by atoms with van der Waals surface area (Å²) in [4.78, 5) is 50.5. The minimum atomic E-state index is -3.31. The first-order valence-corrected chi connectivity index (χ1v) is 9.85. The van der Waals surface area contributed by atoms with Crippen LogP contribution in [0.1, 0.15) is 38.1 Å². The Hall–Kier alpha value is -3.28. The third-order valence-electron chi connectivity index (χ3n) is 4.23. The average molecular weight is 473 g/mol. The van der Waals surface area contributed by atoms with E-state index in [1.807, 2.05) is 0 Å². The van der Waals surface area contributed by atoms with E-state index in [1.165, 1.54) is 18.2 Å². The number of halogens is 2. The van der Waals surface area contributed by atoms with E-state index < -0.39 is 54.0 Å². The molecule has 1 amide bonds. The number of hydrogen-bond donors (Lipinski definition) is 0. The Labute approximate surface area is 188 Å². The van der Waals surface area contributed by atoms with Gasteiger partial charge in [0, 0.05) is 13.5 Å². The van der Waals surface area contributed by atoms with Crippen LogP contribution in [0.2, 0.25) is 0 Å². The van der Waals surface area contributed by atoms with E-state index in [0.717, 1.165) is 18.9 Å². The van der Waals surface area contributed by atoms with Gasteiger partial charge in [0.1, 0.15) is 11.2 Å². The van der Waals surface area contributed by atoms with Gasteiger partial charge in [0.15, 0.2) is 11.9 Å². The van der Waals surface area contributed by atoms with Crippen molar-refractivity contribution < 1.29 is 51.6 Å². The van der Waals surface area contributed by atoms with Gasteiger partial charge in [-0.3, -0.25) is 9.59 Å². The number of carbonyl (C=O) groups is 4. The largest absolute Gasteiger partial charge is 0.465 e. The van der Waals surface area contributed by atoms with Crippen molar-refractivity contribution in [2.75, 3.05) is 25.2 Å². The van der Waals surface area contributed by atoms with Crippen LogP contribution in [0.15, 0.2) is 18.2 Å². The molecule has 10 nitrogen and oxygen atoms in total. The Morgan fingerprint density at radius 2 is 1.88 bits per heavy atom. The van der Waals surface area contributed by atoms with Gasteiger partial charge in [-0.1, -0.05) is 6.07 Å². The molecule has 1 fully saturated rings. The number of amides is 1. The van der Waals surface area contributed by atoms with E-state index in [1.54, 1.807) is 20.8 Å². The number of methoxy groups -OCH3 is 1. The van der Waals surface area contributed by atoms with Crippen LogP contribution in [0.3, 0.4) is 0 Å². The summed E-state index contributed by atoms with van der Waals surface area (Å²) < 4.78 is 51.0. The summed E-state index contributed by atoms with van der Waals surface area (Å²) in [5.41, 5.74) is -1.47. The standard InChI is InChI=1S/C21H25F2NO9/c1-11(25)31-16(19(28)33-21(2,3)4)15-17(26)24(9-10-30-15)13-8-6-7-12(18(27)29-5)14(13)32-20(22)23/h6-8,15-16,20H,9-10H2,1-5H3/t15-,16-/m1/s1. The van der Waals surface area contributed by atoms with Crippen molar-refractivity contribution in [3.8, 4) is 5.75 Å². The predicted octanol–water partition coefficient (Wildman–Crippen LogP) is 2.08. The smallest absolute Gasteiger partial charge is 0.387 e. The van der Waals surface area contributed by atoms with Gasteiger partial charge >= 0.3 is 24.5 Å². The van der Waals surface area contributed by atoms with Crippen LogP contribution < -0.4 is 9.64 Å². The van der Waals surface area contributed by atoms with Gasteiger partial charge in [-0.2, -0.15) is 8.78 Å². The highest BCUT2D eigenvalue weighted by Gasteiger charge is 2.45. The first kappa shape index (κ1) is 26.0. The number of carbonyl (C=O) groups excluding carboxylic acids is 4. The van der Waals surface area contributed by atoms with Gasteiger partial charge in [-0.15, -0.1) is 0 Å². The van der Waals surface area contributed by atoms with Crippen molar-refractivity contribution in [1.82, 2.24) is 0 Å². The highest BCUT2D eigenvalue weighted by molar-refractivity contribution is 6.04. The number of para-hydroxylation sites is 1. The average Bonchev–Trinajstić information content (AvgIpc) is 2.70. The van der Waals surface area contributed by atoms with Crippen LogP contribution in [0.25, 0.3) is 0 Å². The van der Waals surface area contributed by atoms with E-state index in [-0.39, 0.29) is 24.4 Å². The minimum absolute atomic E-state index is 0.124. The van der Waals surface area contributed by atoms with E-state index in [4.69, 9.17) is 14.2 Å². The molecule has 2 atom stereocenters. The molecule has 182 valence electrons. The zero-order chi connectivity index (χ0) is 24.9. The van der Waals surface area contributed by atoms with Gasteiger partial charge in [0.2, 0.25) is 6.10 Å². The van der Waals surface area contributed by atoms with Crippen LogP contribution in [-0.2, 0) is 33.3 Å². The van der Waals surface area contributed by atoms with Gasteiger partial charge in [-0.05, 0) is 32.9 Å². The Kier molecular flexibility index (Phi) is 8.31. The van der Waals surface area contributed by atoms with Crippen LogP contribution in [0.5, 0.6) is 5.75 Å². The molecule has 0 saturated carbocycles. The van der Waals surface area contributed by atoms with Gasteiger partial charge in [-0.25, -0.2) is 9.59 Å². The summed E-state index contributed by atoms with van der Waals surface area (Å²) >= 11 is 0. The quantitative estimate of drug-likeness (QED) is 0.433. The summed E-state index contributed by atoms with van der Waals surface area (Å²) in [6, 6.07) is 3.81. The summed E-state index contributed by atoms with van der Waals surface area (Å²) in [7, 11) is 1.06. The van der Waals surface area contributed by atoms with E-state index in [0.29, 0.717) is 0 Å².